The number of nitrogens with one attached hydrogen (secondary N) is 1. The number of benzene rings is 2. The van der Waals surface area contributed by atoms with E-state index in [9.17, 15) is 9.59 Å². The number of aromatic nitrogens is 1. The number of thioether (sulfide) groups is 1. The van der Waals surface area contributed by atoms with E-state index >= 15 is 0 Å². The number of aryl methyl sites for hydroxylation is 1. The highest BCUT2D eigenvalue weighted by atomic mass is 32.2. The maximum Gasteiger partial charge on any atom is 0.419 e. The van der Waals surface area contributed by atoms with Crippen molar-refractivity contribution in [3.8, 4) is 0 Å². The summed E-state index contributed by atoms with van der Waals surface area (Å²) in [6, 6.07) is 12.5. The third-order valence-corrected chi connectivity index (χ3v) is 4.11. The van der Waals surface area contributed by atoms with Gasteiger partial charge in [-0.3, -0.25) is 9.36 Å². The Bertz CT molecular complexity index is 911. The monoisotopic (exact) mass is 314 g/mol. The van der Waals surface area contributed by atoms with Gasteiger partial charge >= 0.3 is 5.76 Å². The fourth-order valence-electron chi connectivity index (χ4n) is 2.17. The predicted octanol–water partition coefficient (Wildman–Crippen LogP) is 3.11. The minimum absolute atomic E-state index is 0.228. The number of fused-ring (bicyclic) bond motifs is 1. The van der Waals surface area contributed by atoms with Crippen LogP contribution in [0.3, 0.4) is 0 Å². The largest absolute Gasteiger partial charge is 0.419 e. The van der Waals surface area contributed by atoms with E-state index in [1.165, 1.54) is 4.57 Å². The molecule has 3 rings (SSSR count). The Balaban J connectivity index is 1.91. The van der Waals surface area contributed by atoms with Crippen LogP contribution in [0.25, 0.3) is 11.1 Å². The molecule has 2 aromatic carbocycles. The van der Waals surface area contributed by atoms with Crippen molar-refractivity contribution >= 4 is 34.5 Å². The zero-order valence-electron chi connectivity index (χ0n) is 12.1. The summed E-state index contributed by atoms with van der Waals surface area (Å²) in [5.41, 5.74) is 2.26. The van der Waals surface area contributed by atoms with Gasteiger partial charge in [0.05, 0.1) is 5.52 Å². The van der Waals surface area contributed by atoms with Crippen LogP contribution in [0, 0.1) is 0 Å². The van der Waals surface area contributed by atoms with Crippen LogP contribution in [-0.2, 0) is 7.05 Å². The number of rotatable bonds is 3. The van der Waals surface area contributed by atoms with Crippen LogP contribution >= 0.6 is 11.8 Å². The van der Waals surface area contributed by atoms with Crippen LogP contribution in [0.15, 0.2) is 56.6 Å². The molecule has 0 aliphatic carbocycles. The molecule has 0 atom stereocenters. The van der Waals surface area contributed by atoms with Crippen LogP contribution < -0.4 is 11.1 Å². The Morgan fingerprint density at radius 3 is 2.82 bits per heavy atom. The predicted molar refractivity (Wildman–Crippen MR) is 87.6 cm³/mol. The molecular weight excluding hydrogens is 300 g/mol. The van der Waals surface area contributed by atoms with Gasteiger partial charge in [0.15, 0.2) is 5.58 Å². The Labute approximate surface area is 130 Å². The molecule has 1 N–H and O–H groups in total. The lowest BCUT2D eigenvalue weighted by Crippen LogP contribution is -2.12. The van der Waals surface area contributed by atoms with Crippen molar-refractivity contribution in [2.75, 3.05) is 11.6 Å². The van der Waals surface area contributed by atoms with Gasteiger partial charge in [0.2, 0.25) is 0 Å². The maximum atomic E-state index is 12.3. The van der Waals surface area contributed by atoms with E-state index in [0.717, 1.165) is 10.6 Å². The molecule has 0 fully saturated rings. The zero-order chi connectivity index (χ0) is 15.7. The lowest BCUT2D eigenvalue weighted by atomic mass is 10.2. The lowest BCUT2D eigenvalue weighted by molar-refractivity contribution is 0.102. The number of oxazole rings is 1. The molecule has 1 amide bonds. The highest BCUT2D eigenvalue weighted by Gasteiger charge is 2.11. The van der Waals surface area contributed by atoms with E-state index in [4.69, 9.17) is 4.42 Å². The zero-order valence-corrected chi connectivity index (χ0v) is 12.9. The van der Waals surface area contributed by atoms with E-state index in [0.29, 0.717) is 16.7 Å². The van der Waals surface area contributed by atoms with Gasteiger partial charge in [-0.15, -0.1) is 11.8 Å². The summed E-state index contributed by atoms with van der Waals surface area (Å²) in [4.78, 5) is 24.9. The van der Waals surface area contributed by atoms with Gasteiger partial charge in [-0.1, -0.05) is 6.07 Å². The van der Waals surface area contributed by atoms with Gasteiger partial charge in [-0.05, 0) is 42.7 Å². The minimum Gasteiger partial charge on any atom is -0.408 e. The van der Waals surface area contributed by atoms with Crippen LogP contribution in [0.5, 0.6) is 0 Å². The summed E-state index contributed by atoms with van der Waals surface area (Å²) in [5.74, 6) is -0.672. The van der Waals surface area contributed by atoms with E-state index in [2.05, 4.69) is 5.32 Å². The standard InChI is InChI=1S/C16H14N2O3S/c1-18-13-8-10(6-7-14(13)21-16(18)20)15(19)17-11-4-3-5-12(9-11)22-2/h3-9H,1-2H3,(H,17,19). The normalized spacial score (nSPS) is 10.8. The third kappa shape index (κ3) is 2.65. The quantitative estimate of drug-likeness (QED) is 0.755. The van der Waals surface area contributed by atoms with E-state index in [1.807, 2.05) is 30.5 Å². The first-order valence-corrected chi connectivity index (χ1v) is 7.86. The summed E-state index contributed by atoms with van der Waals surface area (Å²) < 4.78 is 6.43. The first-order chi connectivity index (χ1) is 10.6. The number of hydrogen-bond donors (Lipinski definition) is 1. The molecule has 0 saturated heterocycles. The average molecular weight is 314 g/mol. The number of carbonyl (C=O) groups is 1. The second-order valence-corrected chi connectivity index (χ2v) is 5.68. The van der Waals surface area contributed by atoms with Crippen molar-refractivity contribution in [2.45, 2.75) is 4.90 Å². The van der Waals surface area contributed by atoms with Gasteiger partial charge in [0.1, 0.15) is 0 Å². The number of hydrogen-bond acceptors (Lipinski definition) is 4. The van der Waals surface area contributed by atoms with Crippen LogP contribution in [0.1, 0.15) is 10.4 Å². The van der Waals surface area contributed by atoms with Crippen molar-refractivity contribution in [1.29, 1.82) is 0 Å². The molecule has 0 unspecified atom stereocenters. The summed E-state index contributed by atoms with van der Waals surface area (Å²) in [7, 11) is 1.61. The molecule has 6 heteroatoms. The number of nitrogens with zero attached hydrogens (tertiary/aromatic N) is 1. The van der Waals surface area contributed by atoms with Crippen molar-refractivity contribution < 1.29 is 9.21 Å². The second kappa shape index (κ2) is 5.73. The first kappa shape index (κ1) is 14.5. The van der Waals surface area contributed by atoms with Crippen molar-refractivity contribution in [3.63, 3.8) is 0 Å². The van der Waals surface area contributed by atoms with Crippen molar-refractivity contribution in [1.82, 2.24) is 4.57 Å². The van der Waals surface area contributed by atoms with Gasteiger partial charge in [-0.25, -0.2) is 4.79 Å². The molecule has 0 aliphatic rings. The molecule has 0 radical (unpaired) electrons. The molecule has 0 aliphatic heterocycles. The molecule has 5 nitrogen and oxygen atoms in total. The topological polar surface area (TPSA) is 64.2 Å². The molecule has 22 heavy (non-hydrogen) atoms. The number of carbonyl (C=O) groups excluding carboxylic acids is 1. The van der Waals surface area contributed by atoms with Crippen LogP contribution in [0.4, 0.5) is 5.69 Å². The van der Waals surface area contributed by atoms with Gasteiger partial charge in [0, 0.05) is 23.2 Å². The molecular formula is C16H14N2O3S. The van der Waals surface area contributed by atoms with E-state index < -0.39 is 5.76 Å². The smallest absolute Gasteiger partial charge is 0.408 e. The highest BCUT2D eigenvalue weighted by molar-refractivity contribution is 7.98. The summed E-state index contributed by atoms with van der Waals surface area (Å²) in [6.07, 6.45) is 1.98. The SMILES string of the molecule is CSc1cccc(NC(=O)c2ccc3oc(=O)n(C)c3c2)c1. The Morgan fingerprint density at radius 1 is 1.23 bits per heavy atom. The summed E-state index contributed by atoms with van der Waals surface area (Å²) in [6.45, 7) is 0. The van der Waals surface area contributed by atoms with Gasteiger partial charge in [0.25, 0.3) is 5.91 Å². The van der Waals surface area contributed by atoms with Crippen LogP contribution in [0.2, 0.25) is 0 Å². The van der Waals surface area contributed by atoms with Crippen molar-refractivity contribution in [3.05, 3.63) is 58.6 Å². The maximum absolute atomic E-state index is 12.3. The van der Waals surface area contributed by atoms with E-state index in [1.54, 1.807) is 37.0 Å². The third-order valence-electron chi connectivity index (χ3n) is 3.38. The average Bonchev–Trinajstić information content (AvgIpc) is 2.82. The van der Waals surface area contributed by atoms with Crippen LogP contribution in [-0.4, -0.2) is 16.7 Å². The number of amides is 1. The number of anilines is 1. The minimum atomic E-state index is -0.444. The van der Waals surface area contributed by atoms with E-state index in [-0.39, 0.29) is 5.91 Å². The Hall–Kier alpha value is -2.47. The summed E-state index contributed by atoms with van der Waals surface area (Å²) in [5, 5.41) is 2.85. The Kier molecular flexibility index (Phi) is 3.77. The first-order valence-electron chi connectivity index (χ1n) is 6.63. The second-order valence-electron chi connectivity index (χ2n) is 4.80. The van der Waals surface area contributed by atoms with Gasteiger partial charge in [-0.2, -0.15) is 0 Å². The molecule has 0 spiro atoms. The molecule has 0 bridgehead atoms. The highest BCUT2D eigenvalue weighted by Crippen LogP contribution is 2.20. The summed E-state index contributed by atoms with van der Waals surface area (Å²) >= 11 is 1.61. The lowest BCUT2D eigenvalue weighted by Gasteiger charge is -2.06. The molecule has 1 aromatic heterocycles. The fourth-order valence-corrected chi connectivity index (χ4v) is 2.63. The molecule has 112 valence electrons. The van der Waals surface area contributed by atoms with Gasteiger partial charge < -0.3 is 9.73 Å². The molecule has 3 aromatic rings. The Morgan fingerprint density at radius 2 is 2.05 bits per heavy atom. The molecule has 1 heterocycles. The van der Waals surface area contributed by atoms with Crippen molar-refractivity contribution in [2.24, 2.45) is 7.05 Å². The fraction of sp³-hybridized carbons (Fsp3) is 0.125. The molecule has 0 saturated carbocycles.